The number of rotatable bonds is 6. The number of nitrogens with one attached hydrogen (secondary N) is 1. The van der Waals surface area contributed by atoms with E-state index in [1.807, 2.05) is 19.2 Å². The molecule has 6 nitrogen and oxygen atoms in total. The van der Waals surface area contributed by atoms with Crippen molar-refractivity contribution >= 4 is 0 Å². The number of fused-ring (bicyclic) bond motifs is 1. The van der Waals surface area contributed by atoms with Gasteiger partial charge in [-0.1, -0.05) is 6.07 Å². The lowest BCUT2D eigenvalue weighted by atomic mass is 10.1. The molecule has 1 aromatic carbocycles. The molecule has 0 radical (unpaired) electrons. The zero-order valence-electron chi connectivity index (χ0n) is 16.2. The molecule has 144 valence electrons. The Kier molecular flexibility index (Phi) is 5.55. The summed E-state index contributed by atoms with van der Waals surface area (Å²) in [6.07, 6.45) is 5.36. The third-order valence-corrected chi connectivity index (χ3v) is 5.34. The SMILES string of the molecule is CCOc1ccc(CN2CCc3nc([C@H]4CCCN4)ncc3C2)cc1OC. The lowest BCUT2D eigenvalue weighted by Crippen LogP contribution is -2.31. The van der Waals surface area contributed by atoms with Gasteiger partial charge >= 0.3 is 0 Å². The van der Waals surface area contributed by atoms with Crippen molar-refractivity contribution in [3.05, 3.63) is 47.0 Å². The van der Waals surface area contributed by atoms with Gasteiger partial charge in [-0.25, -0.2) is 9.97 Å². The first-order chi connectivity index (χ1) is 13.3. The van der Waals surface area contributed by atoms with Gasteiger partial charge in [0, 0.05) is 43.5 Å². The fourth-order valence-electron chi connectivity index (χ4n) is 3.94. The van der Waals surface area contributed by atoms with Crippen LogP contribution in [0, 0.1) is 0 Å². The number of hydrogen-bond donors (Lipinski definition) is 1. The third kappa shape index (κ3) is 4.06. The van der Waals surface area contributed by atoms with Gasteiger partial charge in [0.2, 0.25) is 0 Å². The van der Waals surface area contributed by atoms with Gasteiger partial charge in [0.15, 0.2) is 11.5 Å². The minimum Gasteiger partial charge on any atom is -0.493 e. The van der Waals surface area contributed by atoms with Crippen LogP contribution in [-0.4, -0.2) is 41.7 Å². The smallest absolute Gasteiger partial charge is 0.161 e. The minimum absolute atomic E-state index is 0.338. The summed E-state index contributed by atoms with van der Waals surface area (Å²) in [6, 6.07) is 6.53. The molecular weight excluding hydrogens is 340 g/mol. The number of ether oxygens (including phenoxy) is 2. The molecule has 1 saturated heterocycles. The van der Waals surface area contributed by atoms with E-state index in [2.05, 4.69) is 27.3 Å². The van der Waals surface area contributed by atoms with E-state index >= 15 is 0 Å². The number of nitrogens with zero attached hydrogens (tertiary/aromatic N) is 3. The van der Waals surface area contributed by atoms with E-state index in [0.29, 0.717) is 12.6 Å². The average Bonchev–Trinajstić information content (AvgIpc) is 3.24. The zero-order valence-corrected chi connectivity index (χ0v) is 16.2. The minimum atomic E-state index is 0.338. The number of benzene rings is 1. The highest BCUT2D eigenvalue weighted by atomic mass is 16.5. The van der Waals surface area contributed by atoms with Gasteiger partial charge < -0.3 is 14.8 Å². The second-order valence-corrected chi connectivity index (χ2v) is 7.23. The largest absolute Gasteiger partial charge is 0.493 e. The maximum Gasteiger partial charge on any atom is 0.161 e. The summed E-state index contributed by atoms with van der Waals surface area (Å²) in [6.45, 7) is 6.48. The van der Waals surface area contributed by atoms with Crippen LogP contribution in [0.25, 0.3) is 0 Å². The Morgan fingerprint density at radius 3 is 3.00 bits per heavy atom. The Balaban J connectivity index is 1.44. The second kappa shape index (κ2) is 8.23. The molecule has 6 heteroatoms. The predicted octanol–water partition coefficient (Wildman–Crippen LogP) is 2.87. The van der Waals surface area contributed by atoms with Gasteiger partial charge in [0.05, 0.1) is 19.8 Å². The molecule has 1 atom stereocenters. The first-order valence-electron chi connectivity index (χ1n) is 9.87. The maximum absolute atomic E-state index is 5.61. The fraction of sp³-hybridized carbons (Fsp3) is 0.524. The van der Waals surface area contributed by atoms with Crippen molar-refractivity contribution in [2.75, 3.05) is 26.8 Å². The quantitative estimate of drug-likeness (QED) is 0.846. The van der Waals surface area contributed by atoms with Crippen LogP contribution in [0.4, 0.5) is 0 Å². The van der Waals surface area contributed by atoms with Crippen LogP contribution < -0.4 is 14.8 Å². The molecule has 2 aliphatic rings. The van der Waals surface area contributed by atoms with Crippen LogP contribution in [0.3, 0.4) is 0 Å². The van der Waals surface area contributed by atoms with Crippen LogP contribution >= 0.6 is 0 Å². The summed E-state index contributed by atoms with van der Waals surface area (Å²) in [5.41, 5.74) is 3.70. The Morgan fingerprint density at radius 2 is 2.22 bits per heavy atom. The molecule has 2 aromatic rings. The molecule has 1 aromatic heterocycles. The van der Waals surface area contributed by atoms with E-state index < -0.39 is 0 Å². The van der Waals surface area contributed by atoms with Gasteiger partial charge in [-0.2, -0.15) is 0 Å². The number of hydrogen-bond acceptors (Lipinski definition) is 6. The van der Waals surface area contributed by atoms with Gasteiger partial charge in [-0.15, -0.1) is 0 Å². The summed E-state index contributed by atoms with van der Waals surface area (Å²) in [5.74, 6) is 2.56. The molecule has 2 aliphatic heterocycles. The van der Waals surface area contributed by atoms with E-state index in [9.17, 15) is 0 Å². The Bertz CT molecular complexity index is 790. The monoisotopic (exact) mass is 368 g/mol. The molecule has 27 heavy (non-hydrogen) atoms. The zero-order chi connectivity index (χ0) is 18.6. The second-order valence-electron chi connectivity index (χ2n) is 7.23. The Hall–Kier alpha value is -2.18. The lowest BCUT2D eigenvalue weighted by Gasteiger charge is -2.28. The van der Waals surface area contributed by atoms with Gasteiger partial charge in [-0.05, 0) is 44.0 Å². The highest BCUT2D eigenvalue weighted by Gasteiger charge is 2.23. The van der Waals surface area contributed by atoms with E-state index in [-0.39, 0.29) is 0 Å². The molecule has 1 fully saturated rings. The molecule has 0 aliphatic carbocycles. The standard InChI is InChI=1S/C21H28N4O2/c1-3-27-19-7-6-15(11-20(19)26-2)13-25-10-8-17-16(14-25)12-23-21(24-17)18-5-4-9-22-18/h6-7,11-12,18,22H,3-5,8-10,13-14H2,1-2H3/t18-/m1/s1. The van der Waals surface area contributed by atoms with E-state index in [4.69, 9.17) is 14.5 Å². The molecular formula is C21H28N4O2. The lowest BCUT2D eigenvalue weighted by molar-refractivity contribution is 0.241. The third-order valence-electron chi connectivity index (χ3n) is 5.34. The van der Waals surface area contributed by atoms with Crippen molar-refractivity contribution < 1.29 is 9.47 Å². The van der Waals surface area contributed by atoms with Crippen molar-refractivity contribution in [2.45, 2.75) is 45.3 Å². The van der Waals surface area contributed by atoms with Gasteiger partial charge in [-0.3, -0.25) is 4.90 Å². The van der Waals surface area contributed by atoms with Crippen molar-refractivity contribution in [1.82, 2.24) is 20.2 Å². The molecule has 0 saturated carbocycles. The van der Waals surface area contributed by atoms with Gasteiger partial charge in [0.25, 0.3) is 0 Å². The highest BCUT2D eigenvalue weighted by molar-refractivity contribution is 5.43. The van der Waals surface area contributed by atoms with Crippen molar-refractivity contribution in [1.29, 1.82) is 0 Å². The van der Waals surface area contributed by atoms with E-state index in [1.165, 1.54) is 23.2 Å². The number of methoxy groups -OCH3 is 1. The normalized spacial score (nSPS) is 19.7. The molecule has 0 amide bonds. The topological polar surface area (TPSA) is 59.5 Å². The first kappa shape index (κ1) is 18.2. The summed E-state index contributed by atoms with van der Waals surface area (Å²) in [5, 5.41) is 3.49. The fourth-order valence-corrected chi connectivity index (χ4v) is 3.94. The Labute approximate surface area is 160 Å². The summed E-state index contributed by atoms with van der Waals surface area (Å²) in [7, 11) is 1.69. The van der Waals surface area contributed by atoms with Crippen LogP contribution in [0.2, 0.25) is 0 Å². The maximum atomic E-state index is 5.61. The van der Waals surface area contributed by atoms with Crippen molar-refractivity contribution in [2.24, 2.45) is 0 Å². The molecule has 0 bridgehead atoms. The van der Waals surface area contributed by atoms with Crippen LogP contribution in [0.5, 0.6) is 11.5 Å². The van der Waals surface area contributed by atoms with E-state index in [1.54, 1.807) is 7.11 Å². The molecule has 1 N–H and O–H groups in total. The average molecular weight is 368 g/mol. The van der Waals surface area contributed by atoms with Gasteiger partial charge in [0.1, 0.15) is 5.82 Å². The van der Waals surface area contributed by atoms with Crippen molar-refractivity contribution in [3.8, 4) is 11.5 Å². The summed E-state index contributed by atoms with van der Waals surface area (Å²) in [4.78, 5) is 11.9. The van der Waals surface area contributed by atoms with Crippen LogP contribution in [0.15, 0.2) is 24.4 Å². The highest BCUT2D eigenvalue weighted by Crippen LogP contribution is 2.29. The number of aromatic nitrogens is 2. The molecule has 0 spiro atoms. The van der Waals surface area contributed by atoms with Crippen LogP contribution in [0.1, 0.15) is 48.5 Å². The molecule has 4 rings (SSSR count). The van der Waals surface area contributed by atoms with E-state index in [0.717, 1.165) is 56.3 Å². The summed E-state index contributed by atoms with van der Waals surface area (Å²) >= 11 is 0. The predicted molar refractivity (Wildman–Crippen MR) is 104 cm³/mol. The summed E-state index contributed by atoms with van der Waals surface area (Å²) < 4.78 is 11.1. The molecule has 3 heterocycles. The van der Waals surface area contributed by atoms with Crippen LogP contribution in [-0.2, 0) is 19.5 Å². The Morgan fingerprint density at radius 1 is 1.30 bits per heavy atom. The van der Waals surface area contributed by atoms with Crippen molar-refractivity contribution in [3.63, 3.8) is 0 Å². The molecule has 0 unspecified atom stereocenters. The first-order valence-corrected chi connectivity index (χ1v) is 9.87.